The van der Waals surface area contributed by atoms with Crippen molar-refractivity contribution in [3.8, 4) is 0 Å². The van der Waals surface area contributed by atoms with Gasteiger partial charge >= 0.3 is 0 Å². The summed E-state index contributed by atoms with van der Waals surface area (Å²) in [5.41, 5.74) is 1.87. The first-order valence-corrected chi connectivity index (χ1v) is 8.91. The van der Waals surface area contributed by atoms with Gasteiger partial charge in [-0.05, 0) is 37.5 Å². The molecule has 1 fully saturated rings. The first kappa shape index (κ1) is 16.3. The van der Waals surface area contributed by atoms with E-state index in [4.69, 9.17) is 11.6 Å². The van der Waals surface area contributed by atoms with Crippen LogP contribution in [0.15, 0.2) is 29.1 Å². The summed E-state index contributed by atoms with van der Waals surface area (Å²) in [6, 6.07) is 7.57. The summed E-state index contributed by atoms with van der Waals surface area (Å²) in [5.74, 6) is 0.771. The summed E-state index contributed by atoms with van der Waals surface area (Å²) in [5, 5.41) is 0.669. The molecule has 6 heteroatoms. The van der Waals surface area contributed by atoms with Gasteiger partial charge in [-0.15, -0.1) is 0 Å². The molecular formula is C19H20ClN3O2. The van der Waals surface area contributed by atoms with E-state index in [-0.39, 0.29) is 11.5 Å². The highest BCUT2D eigenvalue weighted by Crippen LogP contribution is 2.46. The van der Waals surface area contributed by atoms with Gasteiger partial charge in [-0.3, -0.25) is 14.2 Å². The molecule has 2 aromatic rings. The van der Waals surface area contributed by atoms with Gasteiger partial charge in [-0.2, -0.15) is 0 Å². The predicted molar refractivity (Wildman–Crippen MR) is 95.5 cm³/mol. The molecule has 1 aliphatic carbocycles. The maximum Gasteiger partial charge on any atom is 0.258 e. The number of nitrogens with zero attached hydrogens (tertiary/aromatic N) is 3. The van der Waals surface area contributed by atoms with E-state index < -0.39 is 5.41 Å². The fraction of sp³-hybridized carbons (Fsp3) is 0.421. The van der Waals surface area contributed by atoms with Crippen LogP contribution >= 0.6 is 11.6 Å². The highest BCUT2D eigenvalue weighted by atomic mass is 35.5. The fourth-order valence-electron chi connectivity index (χ4n) is 3.90. The lowest BCUT2D eigenvalue weighted by atomic mass is 9.63. The van der Waals surface area contributed by atoms with Crippen LogP contribution in [0, 0.1) is 6.92 Å². The molecule has 0 bridgehead atoms. The molecule has 130 valence electrons. The second-order valence-electron chi connectivity index (χ2n) is 7.05. The van der Waals surface area contributed by atoms with Crippen molar-refractivity contribution < 1.29 is 4.79 Å². The lowest BCUT2D eigenvalue weighted by molar-refractivity contribution is -0.141. The van der Waals surface area contributed by atoms with Crippen LogP contribution in [0.1, 0.15) is 41.9 Å². The Morgan fingerprint density at radius 1 is 1.20 bits per heavy atom. The van der Waals surface area contributed by atoms with Crippen LogP contribution in [0.2, 0.25) is 5.02 Å². The Hall–Kier alpha value is -2.14. The number of hydrogen-bond acceptors (Lipinski definition) is 3. The van der Waals surface area contributed by atoms with E-state index in [0.29, 0.717) is 29.5 Å². The quantitative estimate of drug-likeness (QED) is 0.830. The van der Waals surface area contributed by atoms with Crippen LogP contribution in [0.5, 0.6) is 0 Å². The summed E-state index contributed by atoms with van der Waals surface area (Å²) in [4.78, 5) is 32.1. The van der Waals surface area contributed by atoms with Gasteiger partial charge in [0.1, 0.15) is 5.82 Å². The second kappa shape index (κ2) is 5.70. The Balaban J connectivity index is 1.66. The average Bonchev–Trinajstić information content (AvgIpc) is 2.97. The van der Waals surface area contributed by atoms with Gasteiger partial charge in [0.2, 0.25) is 5.91 Å². The molecule has 0 N–H and O–H groups in total. The molecule has 2 heterocycles. The topological polar surface area (TPSA) is 55.2 Å². The SMILES string of the molecule is Cc1nc2c(c(=O)n1C)CN(C(=O)C1(c3ccc(Cl)cc3)CCC1)C2. The van der Waals surface area contributed by atoms with Gasteiger partial charge in [-0.1, -0.05) is 30.2 Å². The van der Waals surface area contributed by atoms with E-state index in [1.807, 2.05) is 31.2 Å². The molecule has 0 spiro atoms. The third kappa shape index (κ3) is 2.41. The second-order valence-corrected chi connectivity index (χ2v) is 7.49. The van der Waals surface area contributed by atoms with Crippen molar-refractivity contribution in [1.29, 1.82) is 0 Å². The number of hydrogen-bond donors (Lipinski definition) is 0. The van der Waals surface area contributed by atoms with E-state index >= 15 is 0 Å². The Kier molecular flexibility index (Phi) is 3.72. The van der Waals surface area contributed by atoms with Gasteiger partial charge in [0.15, 0.2) is 0 Å². The highest BCUT2D eigenvalue weighted by Gasteiger charge is 2.48. The van der Waals surface area contributed by atoms with Crippen LogP contribution < -0.4 is 5.56 Å². The van der Waals surface area contributed by atoms with E-state index in [1.165, 1.54) is 0 Å². The van der Waals surface area contributed by atoms with Crippen molar-refractivity contribution in [2.45, 2.75) is 44.7 Å². The van der Waals surface area contributed by atoms with Crippen molar-refractivity contribution in [2.24, 2.45) is 7.05 Å². The van der Waals surface area contributed by atoms with Crippen LogP contribution in [0.25, 0.3) is 0 Å². The maximum absolute atomic E-state index is 13.3. The molecule has 0 radical (unpaired) electrons. The first-order chi connectivity index (χ1) is 11.9. The average molecular weight is 358 g/mol. The minimum atomic E-state index is -0.479. The number of carbonyl (C=O) groups excluding carboxylic acids is 1. The Morgan fingerprint density at radius 2 is 1.88 bits per heavy atom. The lowest BCUT2D eigenvalue weighted by Gasteiger charge is -2.43. The smallest absolute Gasteiger partial charge is 0.258 e. The number of halogens is 1. The lowest BCUT2D eigenvalue weighted by Crippen LogP contribution is -2.49. The molecule has 1 saturated carbocycles. The summed E-state index contributed by atoms with van der Waals surface area (Å²) in [6.45, 7) is 2.58. The zero-order valence-electron chi connectivity index (χ0n) is 14.4. The number of benzene rings is 1. The summed E-state index contributed by atoms with van der Waals surface area (Å²) >= 11 is 6.00. The Bertz CT molecular complexity index is 914. The van der Waals surface area contributed by atoms with Gasteiger partial charge in [0.05, 0.1) is 29.8 Å². The predicted octanol–water partition coefficient (Wildman–Crippen LogP) is 2.71. The highest BCUT2D eigenvalue weighted by molar-refractivity contribution is 6.30. The number of amides is 1. The van der Waals surface area contributed by atoms with E-state index in [1.54, 1.807) is 16.5 Å². The molecular weight excluding hydrogens is 338 g/mol. The molecule has 0 unspecified atom stereocenters. The van der Waals surface area contributed by atoms with Gasteiger partial charge in [0, 0.05) is 12.1 Å². The molecule has 5 nitrogen and oxygen atoms in total. The Labute approximate surface area is 151 Å². The number of aromatic nitrogens is 2. The maximum atomic E-state index is 13.3. The zero-order valence-corrected chi connectivity index (χ0v) is 15.1. The normalized spacial score (nSPS) is 18.0. The molecule has 1 amide bonds. The largest absolute Gasteiger partial charge is 0.331 e. The van der Waals surface area contributed by atoms with Gasteiger partial charge in [0.25, 0.3) is 5.56 Å². The Morgan fingerprint density at radius 3 is 2.48 bits per heavy atom. The van der Waals surface area contributed by atoms with Crippen LogP contribution in [-0.2, 0) is 30.3 Å². The monoisotopic (exact) mass is 357 g/mol. The summed E-state index contributed by atoms with van der Waals surface area (Å²) in [7, 11) is 1.72. The third-order valence-corrected chi connectivity index (χ3v) is 5.94. The van der Waals surface area contributed by atoms with Crippen LogP contribution in [0.4, 0.5) is 0 Å². The molecule has 0 atom stereocenters. The summed E-state index contributed by atoms with van der Waals surface area (Å²) in [6.07, 6.45) is 2.71. The van der Waals surface area contributed by atoms with Crippen molar-refractivity contribution in [1.82, 2.24) is 14.5 Å². The van der Waals surface area contributed by atoms with E-state index in [0.717, 1.165) is 30.5 Å². The van der Waals surface area contributed by atoms with Gasteiger partial charge < -0.3 is 4.90 Å². The molecule has 1 aromatic heterocycles. The number of carbonyl (C=O) groups is 1. The number of rotatable bonds is 2. The molecule has 4 rings (SSSR count). The van der Waals surface area contributed by atoms with E-state index in [9.17, 15) is 9.59 Å². The third-order valence-electron chi connectivity index (χ3n) is 5.68. The van der Waals surface area contributed by atoms with Crippen molar-refractivity contribution in [3.63, 3.8) is 0 Å². The standard InChI is InChI=1S/C19H20ClN3O2/c1-12-21-16-11-23(10-15(16)17(24)22(12)2)18(25)19(8-3-9-19)13-4-6-14(20)7-5-13/h4-7H,3,8-11H2,1-2H3. The van der Waals surface area contributed by atoms with Crippen molar-refractivity contribution in [2.75, 3.05) is 0 Å². The number of fused-ring (bicyclic) bond motifs is 1. The first-order valence-electron chi connectivity index (χ1n) is 8.53. The van der Waals surface area contributed by atoms with Crippen molar-refractivity contribution >= 4 is 17.5 Å². The molecule has 1 aromatic carbocycles. The van der Waals surface area contributed by atoms with E-state index in [2.05, 4.69) is 4.98 Å². The zero-order chi connectivity index (χ0) is 17.8. The minimum Gasteiger partial charge on any atom is -0.331 e. The summed E-state index contributed by atoms with van der Waals surface area (Å²) < 4.78 is 1.55. The minimum absolute atomic E-state index is 0.0491. The van der Waals surface area contributed by atoms with Crippen LogP contribution in [0.3, 0.4) is 0 Å². The molecule has 25 heavy (non-hydrogen) atoms. The molecule has 2 aliphatic rings. The fourth-order valence-corrected chi connectivity index (χ4v) is 4.03. The number of aryl methyl sites for hydroxylation is 1. The molecule has 0 saturated heterocycles. The van der Waals surface area contributed by atoms with Crippen molar-refractivity contribution in [3.05, 3.63) is 62.3 Å². The molecule has 1 aliphatic heterocycles. The van der Waals surface area contributed by atoms with Gasteiger partial charge in [-0.25, -0.2) is 4.98 Å². The van der Waals surface area contributed by atoms with Crippen LogP contribution in [-0.4, -0.2) is 20.4 Å².